The molecule has 0 bridgehead atoms. The van der Waals surface area contributed by atoms with E-state index in [2.05, 4.69) is 15.4 Å². The lowest BCUT2D eigenvalue weighted by Crippen LogP contribution is -2.59. The van der Waals surface area contributed by atoms with E-state index in [1.54, 1.807) is 13.2 Å². The number of hydrogen-bond donors (Lipinski definition) is 4. The Morgan fingerprint density at radius 2 is 1.80 bits per heavy atom. The summed E-state index contributed by atoms with van der Waals surface area (Å²) in [7, 11) is -2.37. The Morgan fingerprint density at radius 3 is 2.54 bits per heavy atom. The molecular formula is C42H49N5O11S. The second-order valence-corrected chi connectivity index (χ2v) is 18.4. The zero-order chi connectivity index (χ0) is 41.6. The fraction of sp³-hybridized carbons (Fsp3) is 0.500. The zero-order valence-corrected chi connectivity index (χ0v) is 34.0. The van der Waals surface area contributed by atoms with Crippen molar-refractivity contribution in [3.8, 4) is 34.4 Å². The van der Waals surface area contributed by atoms with Gasteiger partial charge in [-0.1, -0.05) is 26.0 Å². The van der Waals surface area contributed by atoms with E-state index in [-0.39, 0.29) is 31.2 Å². The highest BCUT2D eigenvalue weighted by Crippen LogP contribution is 2.46. The first-order chi connectivity index (χ1) is 28.2. The number of allylic oxidation sites excluding steroid dienone is 1. The van der Waals surface area contributed by atoms with E-state index >= 15 is 0 Å². The molecule has 3 fully saturated rings. The molecule has 0 spiro atoms. The molecule has 2 aliphatic carbocycles. The third kappa shape index (κ3) is 8.34. The van der Waals surface area contributed by atoms with Gasteiger partial charge in [0.1, 0.15) is 42.7 Å². The maximum Gasteiger partial charge on any atom is 0.405 e. The van der Waals surface area contributed by atoms with Gasteiger partial charge in [-0.05, 0) is 98.2 Å². The molecule has 3 aromatic rings. The summed E-state index contributed by atoms with van der Waals surface area (Å²) in [6.45, 7) is 4.58. The lowest BCUT2D eigenvalue weighted by molar-refractivity contribution is -0.142. The lowest BCUT2D eigenvalue weighted by Gasteiger charge is -2.32. The molecule has 2 aromatic carbocycles. The number of sulfonamides is 1. The van der Waals surface area contributed by atoms with Gasteiger partial charge in [0.05, 0.1) is 24.6 Å². The fourth-order valence-electron chi connectivity index (χ4n) is 8.56. The van der Waals surface area contributed by atoms with Crippen molar-refractivity contribution in [2.24, 2.45) is 17.8 Å². The number of rotatable bonds is 8. The molecule has 1 aromatic heterocycles. The van der Waals surface area contributed by atoms with Gasteiger partial charge in [0.15, 0.2) is 11.5 Å². The van der Waals surface area contributed by atoms with Gasteiger partial charge < -0.3 is 39.6 Å². The smallest absolute Gasteiger partial charge is 0.405 e. The topological polar surface area (TPSA) is 212 Å². The molecule has 4 N–H and O–H groups in total. The van der Waals surface area contributed by atoms with Crippen LogP contribution >= 0.6 is 0 Å². The molecular weight excluding hydrogens is 783 g/mol. The van der Waals surface area contributed by atoms with Crippen LogP contribution in [0.4, 0.5) is 4.79 Å². The standard InChI is InChI=1S/C42H49N5O11S/c1-23-6-4-5-7-27-21-42(27,40(50)46-59(53,54)30-10-11-30)45-37(48)33-20-29(22-47(33)39(49)36(24(2)16-23)44-41(51)52)58-38-31-12-9-28(55-3)17-26(31)18-32(43-38)25-8-13-34-35(19-25)57-15-14-56-34/h5,7-9,12-13,17-19,23-24,27,29-30,33,36,44H,4,6,10-11,14-16,20-22H2,1-3H3,(H,45,48)(H,46,50)(H,51,52)/b7-5-/t23-,24+,27+,29+,33-,36-,42+/m0/s1. The Bertz CT molecular complexity index is 2320. The molecule has 1 saturated heterocycles. The number of hydrogen-bond acceptors (Lipinski definition) is 11. The second kappa shape index (κ2) is 15.9. The maximum atomic E-state index is 14.6. The maximum absolute atomic E-state index is 14.6. The van der Waals surface area contributed by atoms with E-state index in [1.165, 1.54) is 4.90 Å². The zero-order valence-electron chi connectivity index (χ0n) is 33.1. The summed E-state index contributed by atoms with van der Waals surface area (Å²) in [4.78, 5) is 61.4. The SMILES string of the molecule is COc1ccc2c(O[C@@H]3C[C@H]4C(=O)N[C@]5(C(=O)NS(=O)(=O)C6CC6)C[C@H]5/C=C\CC[C@H](C)C[C@@H](C)[C@H](NC(=O)O)C(=O)N4C3)nc(-c3ccc4c(c3)OCCO4)cc2c1. The fourth-order valence-corrected chi connectivity index (χ4v) is 9.92. The molecule has 0 unspecified atom stereocenters. The van der Waals surface area contributed by atoms with Crippen molar-refractivity contribution in [2.75, 3.05) is 26.9 Å². The van der Waals surface area contributed by atoms with E-state index in [0.717, 1.165) is 17.4 Å². The van der Waals surface area contributed by atoms with E-state index in [0.29, 0.717) is 67.2 Å². The number of amides is 4. The van der Waals surface area contributed by atoms with Crippen molar-refractivity contribution in [2.45, 2.75) is 87.8 Å². The van der Waals surface area contributed by atoms with Crippen LogP contribution in [0.15, 0.2) is 54.6 Å². The second-order valence-electron chi connectivity index (χ2n) is 16.4. The molecule has 2 saturated carbocycles. The third-order valence-electron chi connectivity index (χ3n) is 12.0. The van der Waals surface area contributed by atoms with Gasteiger partial charge in [-0.25, -0.2) is 18.2 Å². The van der Waals surface area contributed by atoms with E-state index < -0.39 is 74.7 Å². The van der Waals surface area contributed by atoms with Crippen LogP contribution in [0, 0.1) is 17.8 Å². The number of nitrogens with one attached hydrogen (secondary N) is 3. The Labute approximate surface area is 342 Å². The Kier molecular flexibility index (Phi) is 10.8. The highest BCUT2D eigenvalue weighted by molar-refractivity contribution is 7.91. The molecule has 59 heavy (non-hydrogen) atoms. The van der Waals surface area contributed by atoms with Gasteiger partial charge in [0, 0.05) is 23.3 Å². The Morgan fingerprint density at radius 1 is 1.02 bits per heavy atom. The highest BCUT2D eigenvalue weighted by Gasteiger charge is 2.62. The van der Waals surface area contributed by atoms with Crippen molar-refractivity contribution >= 4 is 44.6 Å². The number of carbonyl (C=O) groups excluding carboxylic acids is 3. The van der Waals surface area contributed by atoms with Crippen molar-refractivity contribution in [3.05, 3.63) is 54.6 Å². The molecule has 7 atom stereocenters. The molecule has 0 radical (unpaired) electrons. The predicted octanol–water partition coefficient (Wildman–Crippen LogP) is 4.16. The number of methoxy groups -OCH3 is 1. The number of aromatic nitrogens is 1. The van der Waals surface area contributed by atoms with Crippen LogP contribution < -0.4 is 34.3 Å². The minimum absolute atomic E-state index is 0.0334. The summed E-state index contributed by atoms with van der Waals surface area (Å²) in [5, 5.41) is 15.9. The van der Waals surface area contributed by atoms with Crippen LogP contribution in [-0.2, 0) is 24.4 Å². The number of ether oxygens (including phenoxy) is 4. The van der Waals surface area contributed by atoms with Gasteiger partial charge in [0.25, 0.3) is 5.91 Å². The highest BCUT2D eigenvalue weighted by atomic mass is 32.2. The lowest BCUT2D eigenvalue weighted by atomic mass is 9.88. The van der Waals surface area contributed by atoms with Gasteiger partial charge in [0.2, 0.25) is 27.7 Å². The van der Waals surface area contributed by atoms with Gasteiger partial charge in [-0.3, -0.25) is 19.1 Å². The number of nitrogens with zero attached hydrogens (tertiary/aromatic N) is 2. The summed E-state index contributed by atoms with van der Waals surface area (Å²) < 4.78 is 51.8. The number of benzene rings is 2. The first-order valence-electron chi connectivity index (χ1n) is 20.1. The normalized spacial score (nSPS) is 28.8. The quantitative estimate of drug-likeness (QED) is 0.236. The molecule has 5 aliphatic rings. The summed E-state index contributed by atoms with van der Waals surface area (Å²) in [6, 6.07) is 10.4. The minimum atomic E-state index is -3.93. The van der Waals surface area contributed by atoms with Crippen LogP contribution in [0.2, 0.25) is 0 Å². The van der Waals surface area contributed by atoms with Crippen molar-refractivity contribution in [1.82, 2.24) is 25.2 Å². The molecule has 8 rings (SSSR count). The molecule has 314 valence electrons. The monoisotopic (exact) mass is 831 g/mol. The van der Waals surface area contributed by atoms with Crippen molar-refractivity contribution < 1.29 is 51.6 Å². The Balaban J connectivity index is 1.15. The first kappa shape index (κ1) is 40.2. The summed E-state index contributed by atoms with van der Waals surface area (Å²) in [5.41, 5.74) is -0.283. The van der Waals surface area contributed by atoms with Crippen LogP contribution in [0.1, 0.15) is 58.8 Å². The van der Waals surface area contributed by atoms with Gasteiger partial charge in [-0.2, -0.15) is 0 Å². The van der Waals surface area contributed by atoms with E-state index in [9.17, 15) is 32.7 Å². The number of carbonyl (C=O) groups is 4. The number of pyridine rings is 1. The molecule has 4 heterocycles. The first-order valence-corrected chi connectivity index (χ1v) is 21.7. The average Bonchev–Trinajstić information content (AvgIpc) is 4.14. The summed E-state index contributed by atoms with van der Waals surface area (Å²) in [6.07, 6.45) is 4.51. The largest absolute Gasteiger partial charge is 0.497 e. The van der Waals surface area contributed by atoms with Crippen LogP contribution in [0.25, 0.3) is 22.0 Å². The molecule has 4 amide bonds. The molecule has 17 heteroatoms. The van der Waals surface area contributed by atoms with Crippen LogP contribution in [0.5, 0.6) is 23.1 Å². The van der Waals surface area contributed by atoms with Crippen LogP contribution in [0.3, 0.4) is 0 Å². The number of carboxylic acid groups (broad SMARTS) is 1. The van der Waals surface area contributed by atoms with Gasteiger partial charge >= 0.3 is 6.09 Å². The molecule has 3 aliphatic heterocycles. The average molecular weight is 832 g/mol. The van der Waals surface area contributed by atoms with Crippen molar-refractivity contribution in [1.29, 1.82) is 0 Å². The minimum Gasteiger partial charge on any atom is -0.497 e. The number of fused-ring (bicyclic) bond motifs is 4. The molecule has 16 nitrogen and oxygen atoms in total. The van der Waals surface area contributed by atoms with E-state index in [4.69, 9.17) is 23.9 Å². The van der Waals surface area contributed by atoms with E-state index in [1.807, 2.05) is 62.4 Å². The Hall–Kier alpha value is -5.58. The van der Waals surface area contributed by atoms with Gasteiger partial charge in [-0.15, -0.1) is 0 Å². The predicted molar refractivity (Wildman–Crippen MR) is 215 cm³/mol. The van der Waals surface area contributed by atoms with Crippen LogP contribution in [-0.4, -0.2) is 103 Å². The van der Waals surface area contributed by atoms with Crippen molar-refractivity contribution in [3.63, 3.8) is 0 Å². The summed E-state index contributed by atoms with van der Waals surface area (Å²) >= 11 is 0. The third-order valence-corrected chi connectivity index (χ3v) is 13.8. The summed E-state index contributed by atoms with van der Waals surface area (Å²) in [5.74, 6) is -0.901.